The summed E-state index contributed by atoms with van der Waals surface area (Å²) >= 11 is 5.94. The van der Waals surface area contributed by atoms with Crippen LogP contribution in [-0.2, 0) is 5.67 Å². The molecule has 0 heterocycles. The van der Waals surface area contributed by atoms with Gasteiger partial charge in [-0.1, -0.05) is 54.1 Å². The third-order valence-corrected chi connectivity index (χ3v) is 5.15. The summed E-state index contributed by atoms with van der Waals surface area (Å²) in [5, 5.41) is 0.576. The number of para-hydroxylation sites is 1. The molecule has 0 aliphatic heterocycles. The standard InChI is InChI=1S/C24H19ClF2O/c25-20-11-9-19(10-12-20)24(27,18-7-8-18)15-14-17-6-13-22(26)23(16-17)28-21-4-2-1-3-5-21/h1-6,9-16,18H,7-8H2. The quantitative estimate of drug-likeness (QED) is 0.417. The Morgan fingerprint density at radius 3 is 2.36 bits per heavy atom. The molecule has 142 valence electrons. The molecule has 0 bridgehead atoms. The topological polar surface area (TPSA) is 9.23 Å². The lowest BCUT2D eigenvalue weighted by Gasteiger charge is -2.22. The molecule has 28 heavy (non-hydrogen) atoms. The van der Waals surface area contributed by atoms with Crippen molar-refractivity contribution in [1.29, 1.82) is 0 Å². The van der Waals surface area contributed by atoms with Crippen LogP contribution in [0.1, 0.15) is 24.0 Å². The van der Waals surface area contributed by atoms with E-state index in [0.717, 1.165) is 12.8 Å². The average molecular weight is 397 g/mol. The van der Waals surface area contributed by atoms with Crippen LogP contribution in [0, 0.1) is 11.7 Å². The molecule has 0 saturated heterocycles. The second-order valence-electron chi connectivity index (χ2n) is 6.99. The van der Waals surface area contributed by atoms with E-state index in [9.17, 15) is 4.39 Å². The first-order valence-corrected chi connectivity index (χ1v) is 9.59. The van der Waals surface area contributed by atoms with Crippen molar-refractivity contribution in [3.8, 4) is 11.5 Å². The molecule has 0 amide bonds. The fourth-order valence-electron chi connectivity index (χ4n) is 3.21. The molecule has 1 atom stereocenters. The molecule has 3 aromatic carbocycles. The van der Waals surface area contributed by atoms with Gasteiger partial charge in [0, 0.05) is 10.9 Å². The number of hydrogen-bond donors (Lipinski definition) is 0. The van der Waals surface area contributed by atoms with Gasteiger partial charge in [0.15, 0.2) is 17.2 Å². The number of alkyl halides is 1. The molecule has 1 fully saturated rings. The Morgan fingerprint density at radius 2 is 1.68 bits per heavy atom. The van der Waals surface area contributed by atoms with Gasteiger partial charge in [0.2, 0.25) is 0 Å². The lowest BCUT2D eigenvalue weighted by atomic mass is 9.89. The van der Waals surface area contributed by atoms with Gasteiger partial charge in [0.05, 0.1) is 0 Å². The minimum absolute atomic E-state index is 0.0505. The molecule has 3 aromatic rings. The van der Waals surface area contributed by atoms with Crippen molar-refractivity contribution in [2.75, 3.05) is 0 Å². The highest BCUT2D eigenvalue weighted by Crippen LogP contribution is 2.50. The monoisotopic (exact) mass is 396 g/mol. The fraction of sp³-hybridized carbons (Fsp3) is 0.167. The summed E-state index contributed by atoms with van der Waals surface area (Å²) in [6.07, 6.45) is 4.93. The molecule has 1 saturated carbocycles. The van der Waals surface area contributed by atoms with Crippen molar-refractivity contribution in [1.82, 2.24) is 0 Å². The van der Waals surface area contributed by atoms with Crippen LogP contribution in [0.15, 0.2) is 78.9 Å². The fourth-order valence-corrected chi connectivity index (χ4v) is 3.34. The number of hydrogen-bond acceptors (Lipinski definition) is 1. The summed E-state index contributed by atoms with van der Waals surface area (Å²) < 4.78 is 35.6. The van der Waals surface area contributed by atoms with Crippen LogP contribution in [0.4, 0.5) is 8.78 Å². The van der Waals surface area contributed by atoms with Crippen LogP contribution in [0.3, 0.4) is 0 Å². The zero-order chi connectivity index (χ0) is 19.6. The molecule has 4 rings (SSSR count). The van der Waals surface area contributed by atoms with Crippen LogP contribution < -0.4 is 4.74 Å². The molecular formula is C24H19ClF2O. The molecule has 0 N–H and O–H groups in total. The number of ether oxygens (including phenoxy) is 1. The van der Waals surface area contributed by atoms with Crippen molar-refractivity contribution in [2.45, 2.75) is 18.5 Å². The van der Waals surface area contributed by atoms with Crippen LogP contribution in [0.5, 0.6) is 11.5 Å². The lowest BCUT2D eigenvalue weighted by Crippen LogP contribution is -2.19. The van der Waals surface area contributed by atoms with Gasteiger partial charge in [-0.25, -0.2) is 8.78 Å². The average Bonchev–Trinajstić information content (AvgIpc) is 3.55. The van der Waals surface area contributed by atoms with Gasteiger partial charge in [-0.15, -0.1) is 0 Å². The third kappa shape index (κ3) is 4.10. The van der Waals surface area contributed by atoms with Gasteiger partial charge in [-0.3, -0.25) is 0 Å². The van der Waals surface area contributed by atoms with Crippen molar-refractivity contribution in [3.05, 3.63) is 101 Å². The van der Waals surface area contributed by atoms with E-state index in [1.54, 1.807) is 60.7 Å². The second-order valence-corrected chi connectivity index (χ2v) is 7.42. The van der Waals surface area contributed by atoms with E-state index in [1.807, 2.05) is 18.2 Å². The predicted molar refractivity (Wildman–Crippen MR) is 109 cm³/mol. The Kier molecular flexibility index (Phi) is 5.19. The Bertz CT molecular complexity index is 981. The molecule has 4 heteroatoms. The second kappa shape index (κ2) is 7.76. The summed E-state index contributed by atoms with van der Waals surface area (Å²) in [4.78, 5) is 0. The van der Waals surface area contributed by atoms with Crippen molar-refractivity contribution in [2.24, 2.45) is 5.92 Å². The number of rotatable bonds is 6. The van der Waals surface area contributed by atoms with Crippen LogP contribution in [0.25, 0.3) is 6.08 Å². The van der Waals surface area contributed by atoms with Gasteiger partial charge in [-0.2, -0.15) is 0 Å². The molecule has 1 unspecified atom stereocenters. The molecule has 0 radical (unpaired) electrons. The summed E-state index contributed by atoms with van der Waals surface area (Å²) in [6, 6.07) is 20.4. The summed E-state index contributed by atoms with van der Waals surface area (Å²) in [6.45, 7) is 0. The lowest BCUT2D eigenvalue weighted by molar-refractivity contribution is 0.199. The SMILES string of the molecule is Fc1ccc(C=CC(F)(c2ccc(Cl)cc2)C2CC2)cc1Oc1ccccc1. The highest BCUT2D eigenvalue weighted by Gasteiger charge is 2.45. The molecule has 1 aliphatic rings. The van der Waals surface area contributed by atoms with E-state index in [-0.39, 0.29) is 11.7 Å². The summed E-state index contributed by atoms with van der Waals surface area (Å²) in [5.41, 5.74) is -0.318. The number of benzene rings is 3. The smallest absolute Gasteiger partial charge is 0.165 e. The summed E-state index contributed by atoms with van der Waals surface area (Å²) in [7, 11) is 0. The third-order valence-electron chi connectivity index (χ3n) is 4.90. The van der Waals surface area contributed by atoms with Gasteiger partial charge in [-0.05, 0) is 66.4 Å². The van der Waals surface area contributed by atoms with Gasteiger partial charge < -0.3 is 4.74 Å². The highest BCUT2D eigenvalue weighted by atomic mass is 35.5. The first kappa shape index (κ1) is 18.7. The van der Waals surface area contributed by atoms with E-state index in [2.05, 4.69) is 0 Å². The van der Waals surface area contributed by atoms with Crippen LogP contribution >= 0.6 is 11.6 Å². The zero-order valence-corrected chi connectivity index (χ0v) is 15.9. The minimum atomic E-state index is -1.57. The van der Waals surface area contributed by atoms with E-state index in [1.165, 1.54) is 6.07 Å². The van der Waals surface area contributed by atoms with Crippen LogP contribution in [-0.4, -0.2) is 0 Å². The maximum absolute atomic E-state index is 15.8. The van der Waals surface area contributed by atoms with Crippen molar-refractivity contribution in [3.63, 3.8) is 0 Å². The molecule has 1 nitrogen and oxygen atoms in total. The first-order chi connectivity index (χ1) is 13.5. The van der Waals surface area contributed by atoms with Crippen molar-refractivity contribution >= 4 is 17.7 Å². The van der Waals surface area contributed by atoms with Crippen molar-refractivity contribution < 1.29 is 13.5 Å². The first-order valence-electron chi connectivity index (χ1n) is 9.21. The minimum Gasteiger partial charge on any atom is -0.454 e. The molecule has 0 aromatic heterocycles. The molecule has 1 aliphatic carbocycles. The molecular weight excluding hydrogens is 378 g/mol. The van der Waals surface area contributed by atoms with E-state index < -0.39 is 11.5 Å². The highest BCUT2D eigenvalue weighted by molar-refractivity contribution is 6.30. The Labute approximate surface area is 168 Å². The maximum Gasteiger partial charge on any atom is 0.165 e. The predicted octanol–water partition coefficient (Wildman–Crippen LogP) is 7.56. The van der Waals surface area contributed by atoms with Gasteiger partial charge in [0.1, 0.15) is 5.75 Å². The number of allylic oxidation sites excluding steroid dienone is 1. The Balaban J connectivity index is 1.61. The van der Waals surface area contributed by atoms with E-state index in [4.69, 9.17) is 16.3 Å². The zero-order valence-electron chi connectivity index (χ0n) is 15.1. The summed E-state index contributed by atoms with van der Waals surface area (Å²) in [5.74, 6) is 0.134. The van der Waals surface area contributed by atoms with E-state index >= 15 is 4.39 Å². The number of halogens is 3. The van der Waals surface area contributed by atoms with Gasteiger partial charge >= 0.3 is 0 Å². The largest absolute Gasteiger partial charge is 0.454 e. The Morgan fingerprint density at radius 1 is 0.964 bits per heavy atom. The molecule has 0 spiro atoms. The maximum atomic E-state index is 15.8. The van der Waals surface area contributed by atoms with Gasteiger partial charge in [0.25, 0.3) is 0 Å². The van der Waals surface area contributed by atoms with Crippen LogP contribution in [0.2, 0.25) is 5.02 Å². The Hall–Kier alpha value is -2.65. The normalized spacial score (nSPS) is 16.1. The van der Waals surface area contributed by atoms with E-state index in [0.29, 0.717) is 21.9 Å².